The number of hydrogen-bond donors (Lipinski definition) is 1. The fourth-order valence-electron chi connectivity index (χ4n) is 3.17. The van der Waals surface area contributed by atoms with Gasteiger partial charge in [-0.15, -0.1) is 11.3 Å². The maximum atomic E-state index is 12.8. The number of nitrogens with one attached hydrogen (secondary N) is 1. The predicted octanol–water partition coefficient (Wildman–Crippen LogP) is 2.92. The van der Waals surface area contributed by atoms with Gasteiger partial charge in [0.25, 0.3) is 11.9 Å². The summed E-state index contributed by atoms with van der Waals surface area (Å²) >= 11 is 1.62. The van der Waals surface area contributed by atoms with Crippen molar-refractivity contribution in [3.63, 3.8) is 0 Å². The van der Waals surface area contributed by atoms with Crippen molar-refractivity contribution in [3.8, 4) is 16.5 Å². The van der Waals surface area contributed by atoms with Gasteiger partial charge in [0.2, 0.25) is 0 Å². The van der Waals surface area contributed by atoms with Crippen LogP contribution in [0.4, 0.5) is 0 Å². The van der Waals surface area contributed by atoms with E-state index in [9.17, 15) is 4.79 Å². The zero-order valence-electron chi connectivity index (χ0n) is 17.9. The van der Waals surface area contributed by atoms with Crippen LogP contribution in [0.5, 0.6) is 0 Å². The van der Waals surface area contributed by atoms with Gasteiger partial charge >= 0.3 is 0 Å². The first-order chi connectivity index (χ1) is 14.6. The fraction of sp³-hybridized carbons (Fsp3) is 0.429. The summed E-state index contributed by atoms with van der Waals surface area (Å²) in [5, 5.41) is 9.39. The van der Waals surface area contributed by atoms with Crippen LogP contribution in [0.25, 0.3) is 16.5 Å². The molecule has 3 rings (SSSR count). The topological polar surface area (TPSA) is 85.2 Å². The fourth-order valence-corrected chi connectivity index (χ4v) is 3.95. The molecule has 9 heteroatoms. The number of ether oxygens (including phenoxy) is 1. The Bertz CT molecular complexity index is 966. The first-order valence-electron chi connectivity index (χ1n) is 10.0. The summed E-state index contributed by atoms with van der Waals surface area (Å²) in [6.07, 6.45) is 3.33. The molecule has 160 valence electrons. The standard InChI is InChI=1S/C21H28N6O2S/c1-5-26(6-2)10-9-22-20(28)16-13-24-27(17(16)14-29-4)21-23-12-15(3)19(25-21)18-8-7-11-30-18/h7-8,11-13H,5-6,9-10,14H2,1-4H3,(H,22,28). The van der Waals surface area contributed by atoms with Crippen LogP contribution >= 0.6 is 11.3 Å². The summed E-state index contributed by atoms with van der Waals surface area (Å²) in [6, 6.07) is 4.02. The highest BCUT2D eigenvalue weighted by Gasteiger charge is 2.20. The number of aryl methyl sites for hydroxylation is 1. The molecule has 0 spiro atoms. The number of methoxy groups -OCH3 is 1. The van der Waals surface area contributed by atoms with E-state index in [-0.39, 0.29) is 12.5 Å². The molecular formula is C21H28N6O2S. The van der Waals surface area contributed by atoms with Crippen LogP contribution in [0.3, 0.4) is 0 Å². The molecule has 0 fully saturated rings. The van der Waals surface area contributed by atoms with E-state index in [2.05, 4.69) is 34.1 Å². The molecule has 3 heterocycles. The molecule has 1 N–H and O–H groups in total. The van der Waals surface area contributed by atoms with Gasteiger partial charge < -0.3 is 15.0 Å². The summed E-state index contributed by atoms with van der Waals surface area (Å²) in [5.41, 5.74) is 2.94. The van der Waals surface area contributed by atoms with Crippen molar-refractivity contribution in [1.82, 2.24) is 30.0 Å². The van der Waals surface area contributed by atoms with E-state index in [4.69, 9.17) is 9.72 Å². The summed E-state index contributed by atoms with van der Waals surface area (Å²) < 4.78 is 6.92. The smallest absolute Gasteiger partial charge is 0.254 e. The third-order valence-corrected chi connectivity index (χ3v) is 5.78. The maximum Gasteiger partial charge on any atom is 0.254 e. The van der Waals surface area contributed by atoms with Crippen LogP contribution < -0.4 is 5.32 Å². The van der Waals surface area contributed by atoms with Crippen molar-refractivity contribution in [2.24, 2.45) is 0 Å². The molecule has 0 saturated carbocycles. The van der Waals surface area contributed by atoms with Crippen LogP contribution in [-0.2, 0) is 11.3 Å². The average Bonchev–Trinajstić information content (AvgIpc) is 3.42. The minimum atomic E-state index is -0.175. The molecule has 0 aliphatic rings. The molecule has 0 radical (unpaired) electrons. The van der Waals surface area contributed by atoms with E-state index in [1.165, 1.54) is 0 Å². The SMILES string of the molecule is CCN(CC)CCNC(=O)c1cnn(-c2ncc(C)c(-c3cccs3)n2)c1COC. The van der Waals surface area contributed by atoms with E-state index >= 15 is 0 Å². The molecular weight excluding hydrogens is 400 g/mol. The van der Waals surface area contributed by atoms with Crippen molar-refractivity contribution in [2.45, 2.75) is 27.4 Å². The monoisotopic (exact) mass is 428 g/mol. The van der Waals surface area contributed by atoms with Crippen molar-refractivity contribution >= 4 is 17.2 Å². The summed E-state index contributed by atoms with van der Waals surface area (Å²) in [5.74, 6) is 0.240. The molecule has 0 unspecified atom stereocenters. The number of carbonyl (C=O) groups is 1. The van der Waals surface area contributed by atoms with Gasteiger partial charge in [0.05, 0.1) is 34.6 Å². The van der Waals surface area contributed by atoms with Gasteiger partial charge in [0.1, 0.15) is 0 Å². The van der Waals surface area contributed by atoms with Crippen molar-refractivity contribution < 1.29 is 9.53 Å². The highest BCUT2D eigenvalue weighted by molar-refractivity contribution is 7.13. The molecule has 0 aromatic carbocycles. The lowest BCUT2D eigenvalue weighted by molar-refractivity contribution is 0.0943. The Morgan fingerprint density at radius 3 is 2.77 bits per heavy atom. The largest absolute Gasteiger partial charge is 0.378 e. The third kappa shape index (κ3) is 4.92. The van der Waals surface area contributed by atoms with E-state index in [1.54, 1.807) is 35.5 Å². The Hall–Kier alpha value is -2.62. The molecule has 0 bridgehead atoms. The van der Waals surface area contributed by atoms with Crippen LogP contribution in [0, 0.1) is 6.92 Å². The van der Waals surface area contributed by atoms with Crippen LogP contribution in [0.2, 0.25) is 0 Å². The molecule has 0 aliphatic heterocycles. The first kappa shape index (κ1) is 22.1. The van der Waals surface area contributed by atoms with E-state index in [1.807, 2.05) is 24.4 Å². The van der Waals surface area contributed by atoms with E-state index < -0.39 is 0 Å². The maximum absolute atomic E-state index is 12.8. The minimum absolute atomic E-state index is 0.175. The number of aromatic nitrogens is 4. The molecule has 8 nitrogen and oxygen atoms in total. The minimum Gasteiger partial charge on any atom is -0.378 e. The summed E-state index contributed by atoms with van der Waals surface area (Å²) in [6.45, 7) is 9.71. The molecule has 3 aromatic rings. The second-order valence-corrected chi connectivity index (χ2v) is 7.76. The lowest BCUT2D eigenvalue weighted by Crippen LogP contribution is -2.35. The molecule has 1 amide bonds. The number of rotatable bonds is 10. The number of likely N-dealkylation sites (N-methyl/N-ethyl adjacent to an activating group) is 1. The van der Waals surface area contributed by atoms with Gasteiger partial charge in [-0.3, -0.25) is 4.79 Å². The van der Waals surface area contributed by atoms with Crippen LogP contribution in [0.15, 0.2) is 29.9 Å². The quantitative estimate of drug-likeness (QED) is 0.534. The van der Waals surface area contributed by atoms with Crippen molar-refractivity contribution in [3.05, 3.63) is 46.7 Å². The third-order valence-electron chi connectivity index (χ3n) is 4.91. The highest BCUT2D eigenvalue weighted by atomic mass is 32.1. The lowest BCUT2D eigenvalue weighted by Gasteiger charge is -2.18. The predicted molar refractivity (Wildman–Crippen MR) is 118 cm³/mol. The normalized spacial score (nSPS) is 11.2. The van der Waals surface area contributed by atoms with Gasteiger partial charge in [-0.05, 0) is 37.0 Å². The first-order valence-corrected chi connectivity index (χ1v) is 10.9. The summed E-state index contributed by atoms with van der Waals surface area (Å²) in [4.78, 5) is 25.2. The lowest BCUT2D eigenvalue weighted by atomic mass is 10.2. The molecule has 30 heavy (non-hydrogen) atoms. The Labute approximate surface area is 180 Å². The van der Waals surface area contributed by atoms with Gasteiger partial charge in [-0.2, -0.15) is 9.78 Å². The Morgan fingerprint density at radius 2 is 2.10 bits per heavy atom. The molecule has 0 atom stereocenters. The number of carbonyl (C=O) groups excluding carboxylic acids is 1. The molecule has 0 saturated heterocycles. The van der Waals surface area contributed by atoms with E-state index in [0.717, 1.165) is 35.8 Å². The zero-order chi connectivity index (χ0) is 21.5. The number of amides is 1. The average molecular weight is 429 g/mol. The second-order valence-electron chi connectivity index (χ2n) is 6.81. The number of thiophene rings is 1. The Morgan fingerprint density at radius 1 is 1.30 bits per heavy atom. The Balaban J connectivity index is 1.86. The second kappa shape index (κ2) is 10.4. The van der Waals surface area contributed by atoms with Crippen molar-refractivity contribution in [2.75, 3.05) is 33.3 Å². The van der Waals surface area contributed by atoms with Crippen molar-refractivity contribution in [1.29, 1.82) is 0 Å². The molecule has 0 aliphatic carbocycles. The van der Waals surface area contributed by atoms with Gasteiger partial charge in [0.15, 0.2) is 0 Å². The van der Waals surface area contributed by atoms with E-state index in [0.29, 0.717) is 23.8 Å². The summed E-state index contributed by atoms with van der Waals surface area (Å²) in [7, 11) is 1.59. The number of hydrogen-bond acceptors (Lipinski definition) is 7. The highest BCUT2D eigenvalue weighted by Crippen LogP contribution is 2.26. The number of nitrogens with zero attached hydrogens (tertiary/aromatic N) is 5. The Kier molecular flexibility index (Phi) is 7.67. The molecule has 3 aromatic heterocycles. The van der Waals surface area contributed by atoms with Gasteiger partial charge in [-0.25, -0.2) is 9.97 Å². The van der Waals surface area contributed by atoms with Crippen LogP contribution in [-0.4, -0.2) is 63.8 Å². The zero-order valence-corrected chi connectivity index (χ0v) is 18.7. The van der Waals surface area contributed by atoms with Gasteiger partial charge in [0, 0.05) is 26.4 Å². The van der Waals surface area contributed by atoms with Crippen LogP contribution in [0.1, 0.15) is 35.5 Å². The van der Waals surface area contributed by atoms with Gasteiger partial charge in [-0.1, -0.05) is 19.9 Å².